The molecule has 17 heavy (non-hydrogen) atoms. The van der Waals surface area contributed by atoms with Gasteiger partial charge in [-0.15, -0.1) is 0 Å². The van der Waals surface area contributed by atoms with Gasteiger partial charge in [-0.05, 0) is 39.0 Å². The van der Waals surface area contributed by atoms with Gasteiger partial charge < -0.3 is 5.43 Å². The number of anilines is 1. The molecule has 0 aliphatic carbocycles. The highest BCUT2D eigenvalue weighted by Gasteiger charge is 2.34. The summed E-state index contributed by atoms with van der Waals surface area (Å²) in [6.45, 7) is 5.52. The van der Waals surface area contributed by atoms with E-state index in [4.69, 9.17) is 0 Å². The van der Waals surface area contributed by atoms with Gasteiger partial charge in [-0.2, -0.15) is 13.2 Å². The molecule has 1 aromatic rings. The van der Waals surface area contributed by atoms with Crippen LogP contribution < -0.4 is 10.9 Å². The highest BCUT2D eigenvalue weighted by molar-refractivity contribution is 5.46. The van der Waals surface area contributed by atoms with Gasteiger partial charge in [-0.1, -0.05) is 0 Å². The number of hydrogen-bond acceptors (Lipinski definition) is 2. The number of rotatable bonds is 2. The molecule has 0 atom stereocenters. The Morgan fingerprint density at radius 1 is 1.06 bits per heavy atom. The van der Waals surface area contributed by atoms with E-state index < -0.39 is 17.6 Å². The minimum Gasteiger partial charge on any atom is -0.321 e. The Balaban J connectivity index is 2.90. The maximum absolute atomic E-state index is 13.0. The summed E-state index contributed by atoms with van der Waals surface area (Å²) in [5.41, 5.74) is 3.97. The van der Waals surface area contributed by atoms with E-state index in [2.05, 4.69) is 10.9 Å². The smallest absolute Gasteiger partial charge is 0.321 e. The predicted molar refractivity (Wildman–Crippen MR) is 57.9 cm³/mol. The molecule has 1 aromatic carbocycles. The van der Waals surface area contributed by atoms with Gasteiger partial charge in [0.2, 0.25) is 0 Å². The van der Waals surface area contributed by atoms with Crippen molar-refractivity contribution in [1.29, 1.82) is 0 Å². The summed E-state index contributed by atoms with van der Waals surface area (Å²) in [6.07, 6.45) is -4.69. The molecule has 0 heterocycles. The second-order valence-corrected chi connectivity index (χ2v) is 4.69. The lowest BCUT2D eigenvalue weighted by Crippen LogP contribution is -2.40. The zero-order valence-corrected chi connectivity index (χ0v) is 9.74. The molecule has 0 fully saturated rings. The van der Waals surface area contributed by atoms with E-state index in [1.54, 1.807) is 0 Å². The summed E-state index contributed by atoms with van der Waals surface area (Å²) < 4.78 is 50.2. The summed E-state index contributed by atoms with van der Waals surface area (Å²) in [7, 11) is 0. The van der Waals surface area contributed by atoms with E-state index in [0.717, 1.165) is 12.1 Å². The first kappa shape index (κ1) is 13.8. The second-order valence-electron chi connectivity index (χ2n) is 4.69. The Labute approximate surface area is 97.0 Å². The number of alkyl halides is 3. The topological polar surface area (TPSA) is 24.1 Å². The van der Waals surface area contributed by atoms with Crippen molar-refractivity contribution in [1.82, 2.24) is 5.43 Å². The van der Waals surface area contributed by atoms with Gasteiger partial charge in [-0.25, -0.2) is 9.82 Å². The number of benzene rings is 1. The third-order valence-electron chi connectivity index (χ3n) is 1.85. The summed E-state index contributed by atoms with van der Waals surface area (Å²) >= 11 is 0. The van der Waals surface area contributed by atoms with Gasteiger partial charge in [0.1, 0.15) is 5.82 Å². The Morgan fingerprint density at radius 3 is 2.12 bits per heavy atom. The molecule has 0 bridgehead atoms. The molecule has 0 saturated carbocycles. The number of halogens is 4. The molecular weight excluding hydrogens is 236 g/mol. The first-order chi connectivity index (χ1) is 7.59. The zero-order valence-electron chi connectivity index (χ0n) is 9.74. The van der Waals surface area contributed by atoms with Crippen LogP contribution in [-0.4, -0.2) is 5.54 Å². The minimum atomic E-state index is -4.69. The van der Waals surface area contributed by atoms with Gasteiger partial charge in [0.15, 0.2) is 0 Å². The molecule has 0 aromatic heterocycles. The molecule has 0 spiro atoms. The average Bonchev–Trinajstić information content (AvgIpc) is 2.13. The van der Waals surface area contributed by atoms with Crippen LogP contribution in [0.1, 0.15) is 26.3 Å². The largest absolute Gasteiger partial charge is 0.419 e. The fourth-order valence-corrected chi connectivity index (χ4v) is 1.08. The number of nitrogens with one attached hydrogen (secondary N) is 2. The first-order valence-corrected chi connectivity index (χ1v) is 4.99. The molecule has 0 aliphatic rings. The molecule has 6 heteroatoms. The van der Waals surface area contributed by atoms with Crippen molar-refractivity contribution in [3.63, 3.8) is 0 Å². The molecule has 0 aliphatic heterocycles. The van der Waals surface area contributed by atoms with E-state index >= 15 is 0 Å². The molecule has 0 amide bonds. The van der Waals surface area contributed by atoms with Crippen LogP contribution in [0.3, 0.4) is 0 Å². The van der Waals surface area contributed by atoms with Crippen LogP contribution in [0.4, 0.5) is 23.2 Å². The second kappa shape index (κ2) is 4.52. The summed E-state index contributed by atoms with van der Waals surface area (Å²) in [6, 6.07) is 2.76. The van der Waals surface area contributed by atoms with Crippen molar-refractivity contribution in [2.45, 2.75) is 32.5 Å². The van der Waals surface area contributed by atoms with E-state index in [1.165, 1.54) is 6.07 Å². The van der Waals surface area contributed by atoms with Crippen LogP contribution in [0.15, 0.2) is 18.2 Å². The fraction of sp³-hybridized carbons (Fsp3) is 0.455. The zero-order chi connectivity index (χ0) is 13.3. The van der Waals surface area contributed by atoms with Gasteiger partial charge in [0.25, 0.3) is 0 Å². The SMILES string of the molecule is CC(C)(C)NNc1ccc(F)c(C(F)(F)F)c1. The van der Waals surface area contributed by atoms with Crippen LogP contribution in [0.2, 0.25) is 0 Å². The molecule has 96 valence electrons. The molecular formula is C11H14F4N2. The maximum atomic E-state index is 13.0. The van der Waals surface area contributed by atoms with Gasteiger partial charge in [0, 0.05) is 11.2 Å². The average molecular weight is 250 g/mol. The Hall–Kier alpha value is -1.30. The summed E-state index contributed by atoms with van der Waals surface area (Å²) in [5.74, 6) is -1.28. The molecule has 0 saturated heterocycles. The first-order valence-electron chi connectivity index (χ1n) is 4.99. The highest BCUT2D eigenvalue weighted by atomic mass is 19.4. The normalized spacial score (nSPS) is 12.6. The Morgan fingerprint density at radius 2 is 1.65 bits per heavy atom. The van der Waals surface area contributed by atoms with Gasteiger partial charge in [0.05, 0.1) is 5.56 Å². The predicted octanol–water partition coefficient (Wildman–Crippen LogP) is 3.56. The van der Waals surface area contributed by atoms with Crippen LogP contribution in [0, 0.1) is 5.82 Å². The van der Waals surface area contributed by atoms with Crippen molar-refractivity contribution in [2.75, 3.05) is 5.43 Å². The quantitative estimate of drug-likeness (QED) is 0.619. The van der Waals surface area contributed by atoms with Crippen LogP contribution in [-0.2, 0) is 6.18 Å². The van der Waals surface area contributed by atoms with Crippen LogP contribution in [0.5, 0.6) is 0 Å². The Bertz CT molecular complexity index is 393. The third-order valence-corrected chi connectivity index (χ3v) is 1.85. The van der Waals surface area contributed by atoms with Crippen molar-refractivity contribution in [3.8, 4) is 0 Å². The standard InChI is InChI=1S/C11H14F4N2/c1-10(2,3)17-16-7-4-5-9(12)8(6-7)11(13,14)15/h4-6,16-17H,1-3H3. The summed E-state index contributed by atoms with van der Waals surface area (Å²) in [4.78, 5) is 0. The van der Waals surface area contributed by atoms with E-state index in [1.807, 2.05) is 20.8 Å². The third kappa shape index (κ3) is 4.22. The van der Waals surface area contributed by atoms with Crippen molar-refractivity contribution >= 4 is 5.69 Å². The highest BCUT2D eigenvalue weighted by Crippen LogP contribution is 2.32. The molecule has 2 N–H and O–H groups in total. The van der Waals surface area contributed by atoms with Crippen LogP contribution in [0.25, 0.3) is 0 Å². The number of hydrogen-bond donors (Lipinski definition) is 2. The maximum Gasteiger partial charge on any atom is 0.419 e. The number of hydrazine groups is 1. The van der Waals surface area contributed by atoms with Crippen molar-refractivity contribution < 1.29 is 17.6 Å². The van der Waals surface area contributed by atoms with Crippen molar-refractivity contribution in [2.24, 2.45) is 0 Å². The monoisotopic (exact) mass is 250 g/mol. The lowest BCUT2D eigenvalue weighted by atomic mass is 10.1. The van der Waals surface area contributed by atoms with Crippen LogP contribution >= 0.6 is 0 Å². The fourth-order valence-electron chi connectivity index (χ4n) is 1.08. The molecule has 1 rings (SSSR count). The summed E-state index contributed by atoms with van der Waals surface area (Å²) in [5, 5.41) is 0. The Kier molecular flexibility index (Phi) is 3.66. The van der Waals surface area contributed by atoms with Gasteiger partial charge >= 0.3 is 6.18 Å². The van der Waals surface area contributed by atoms with Gasteiger partial charge in [-0.3, -0.25) is 0 Å². The molecule has 0 radical (unpaired) electrons. The molecule has 2 nitrogen and oxygen atoms in total. The van der Waals surface area contributed by atoms with E-state index in [9.17, 15) is 17.6 Å². The minimum absolute atomic E-state index is 0.161. The lowest BCUT2D eigenvalue weighted by molar-refractivity contribution is -0.139. The van der Waals surface area contributed by atoms with Crippen molar-refractivity contribution in [3.05, 3.63) is 29.6 Å². The van der Waals surface area contributed by atoms with E-state index in [0.29, 0.717) is 0 Å². The molecule has 0 unspecified atom stereocenters. The van der Waals surface area contributed by atoms with E-state index in [-0.39, 0.29) is 11.2 Å². The lowest BCUT2D eigenvalue weighted by Gasteiger charge is -2.22.